The van der Waals surface area contributed by atoms with E-state index in [0.717, 1.165) is 30.8 Å². The Labute approximate surface area is 219 Å². The highest BCUT2D eigenvalue weighted by Crippen LogP contribution is 2.27. The van der Waals surface area contributed by atoms with Gasteiger partial charge in [0.2, 0.25) is 5.91 Å². The van der Waals surface area contributed by atoms with E-state index in [4.69, 9.17) is 11.1 Å². The van der Waals surface area contributed by atoms with E-state index in [2.05, 4.69) is 27.8 Å². The summed E-state index contributed by atoms with van der Waals surface area (Å²) in [6, 6.07) is 18.8. The summed E-state index contributed by atoms with van der Waals surface area (Å²) >= 11 is 0. The number of urea groups is 1. The van der Waals surface area contributed by atoms with E-state index in [1.54, 1.807) is 0 Å². The Bertz CT molecular complexity index is 1080. The monoisotopic (exact) mass is 503 g/mol. The second-order valence-corrected chi connectivity index (χ2v) is 9.05. The number of hydrogen-bond acceptors (Lipinski definition) is 6. The molecule has 196 valence electrons. The van der Waals surface area contributed by atoms with Gasteiger partial charge in [-0.3, -0.25) is 19.6 Å². The van der Waals surface area contributed by atoms with Crippen LogP contribution in [0.1, 0.15) is 38.3 Å². The standard InChI is InChI=1S/C28H37N7O2/c1-4-22(3)35(30)28(37)34(5-2)25-14-12-24(13-15-25)32-18-20-33(21-19-32)26(23-10-7-6-8-11-23)27(36)31-17-9-16-29/h5-8,10-15,22,26H,2,4,9,17-21,30H2,1,3H3,(H,31,36). The molecule has 9 heteroatoms. The van der Waals surface area contributed by atoms with E-state index < -0.39 is 6.04 Å². The van der Waals surface area contributed by atoms with Crippen molar-refractivity contribution in [2.24, 2.45) is 5.84 Å². The molecule has 1 aliphatic rings. The number of benzene rings is 2. The Hall–Kier alpha value is -3.87. The number of rotatable bonds is 10. The lowest BCUT2D eigenvalue weighted by molar-refractivity contribution is -0.126. The molecule has 2 aromatic carbocycles. The van der Waals surface area contributed by atoms with Crippen molar-refractivity contribution in [3.63, 3.8) is 0 Å². The van der Waals surface area contributed by atoms with Crippen LogP contribution in [0.4, 0.5) is 16.2 Å². The average Bonchev–Trinajstić information content (AvgIpc) is 2.94. The van der Waals surface area contributed by atoms with Gasteiger partial charge in [0.05, 0.1) is 18.2 Å². The molecule has 3 rings (SSSR count). The molecule has 9 nitrogen and oxygen atoms in total. The van der Waals surface area contributed by atoms with Crippen LogP contribution in [-0.4, -0.2) is 60.6 Å². The predicted octanol–water partition coefficient (Wildman–Crippen LogP) is 3.62. The van der Waals surface area contributed by atoms with Crippen molar-refractivity contribution in [3.05, 3.63) is 72.9 Å². The number of amides is 3. The van der Waals surface area contributed by atoms with Crippen LogP contribution in [-0.2, 0) is 4.79 Å². The van der Waals surface area contributed by atoms with Gasteiger partial charge in [0, 0.05) is 50.7 Å². The average molecular weight is 504 g/mol. The van der Waals surface area contributed by atoms with Crippen LogP contribution in [0, 0.1) is 11.3 Å². The zero-order valence-corrected chi connectivity index (χ0v) is 21.7. The van der Waals surface area contributed by atoms with Gasteiger partial charge >= 0.3 is 6.03 Å². The third-order valence-corrected chi connectivity index (χ3v) is 6.75. The maximum atomic E-state index is 13.0. The van der Waals surface area contributed by atoms with Gasteiger partial charge in [-0.2, -0.15) is 5.26 Å². The minimum Gasteiger partial charge on any atom is -0.369 e. The molecule has 2 aromatic rings. The Morgan fingerprint density at radius 1 is 1.14 bits per heavy atom. The predicted molar refractivity (Wildman–Crippen MR) is 147 cm³/mol. The number of piperazine rings is 1. The zero-order valence-electron chi connectivity index (χ0n) is 21.7. The molecular formula is C28H37N7O2. The number of hydrazine groups is 1. The van der Waals surface area contributed by atoms with E-state index in [0.29, 0.717) is 25.3 Å². The number of anilines is 2. The van der Waals surface area contributed by atoms with Gasteiger partial charge in [0.15, 0.2) is 0 Å². The molecule has 0 spiro atoms. The molecule has 1 fully saturated rings. The van der Waals surface area contributed by atoms with Crippen molar-refractivity contribution in [1.29, 1.82) is 5.26 Å². The number of nitriles is 1. The molecule has 1 aliphatic heterocycles. The fourth-order valence-corrected chi connectivity index (χ4v) is 4.37. The third kappa shape index (κ3) is 6.88. The van der Waals surface area contributed by atoms with Crippen molar-refractivity contribution in [2.75, 3.05) is 42.5 Å². The van der Waals surface area contributed by atoms with Crippen molar-refractivity contribution < 1.29 is 9.59 Å². The first-order chi connectivity index (χ1) is 17.9. The molecule has 0 aromatic heterocycles. The van der Waals surface area contributed by atoms with Gasteiger partial charge in [-0.05, 0) is 43.2 Å². The Balaban J connectivity index is 1.67. The molecule has 2 unspecified atom stereocenters. The van der Waals surface area contributed by atoms with E-state index in [1.165, 1.54) is 16.1 Å². The summed E-state index contributed by atoms with van der Waals surface area (Å²) in [5.74, 6) is 5.92. The van der Waals surface area contributed by atoms with Crippen molar-refractivity contribution >= 4 is 23.3 Å². The highest BCUT2D eigenvalue weighted by atomic mass is 16.2. The Kier molecular flexibility index (Phi) is 10.1. The van der Waals surface area contributed by atoms with Gasteiger partial charge in [-0.15, -0.1) is 0 Å². The maximum Gasteiger partial charge on any atom is 0.342 e. The first kappa shape index (κ1) is 27.7. The van der Waals surface area contributed by atoms with Crippen LogP contribution in [0.2, 0.25) is 0 Å². The summed E-state index contributed by atoms with van der Waals surface area (Å²) in [6.45, 7) is 10.9. The molecule has 37 heavy (non-hydrogen) atoms. The van der Waals surface area contributed by atoms with Crippen LogP contribution in [0.15, 0.2) is 67.4 Å². The maximum absolute atomic E-state index is 13.0. The lowest BCUT2D eigenvalue weighted by Crippen LogP contribution is -2.51. The SMILES string of the molecule is C=CN(C(=O)N(N)C(C)CC)c1ccc(N2CCN(C(C(=O)NCCC#N)c3ccccc3)CC2)cc1. The van der Waals surface area contributed by atoms with Gasteiger partial charge in [0.1, 0.15) is 6.04 Å². The van der Waals surface area contributed by atoms with Gasteiger partial charge in [-0.25, -0.2) is 10.6 Å². The molecule has 2 atom stereocenters. The van der Waals surface area contributed by atoms with E-state index in [1.807, 2.05) is 68.4 Å². The van der Waals surface area contributed by atoms with Crippen LogP contribution >= 0.6 is 0 Å². The molecule has 3 N–H and O–H groups in total. The fraction of sp³-hybridized carbons (Fsp3) is 0.393. The highest BCUT2D eigenvalue weighted by molar-refractivity contribution is 5.93. The van der Waals surface area contributed by atoms with Crippen molar-refractivity contribution in [2.45, 2.75) is 38.8 Å². The van der Waals surface area contributed by atoms with E-state index in [-0.39, 0.29) is 24.4 Å². The molecule has 3 amide bonds. The summed E-state index contributed by atoms with van der Waals surface area (Å²) in [5.41, 5.74) is 2.68. The Morgan fingerprint density at radius 3 is 2.35 bits per heavy atom. The van der Waals surface area contributed by atoms with Crippen LogP contribution in [0.5, 0.6) is 0 Å². The Morgan fingerprint density at radius 2 is 1.78 bits per heavy atom. The molecule has 0 saturated carbocycles. The third-order valence-electron chi connectivity index (χ3n) is 6.75. The van der Waals surface area contributed by atoms with Gasteiger partial charge in [0.25, 0.3) is 0 Å². The first-order valence-electron chi connectivity index (χ1n) is 12.7. The van der Waals surface area contributed by atoms with E-state index >= 15 is 0 Å². The lowest BCUT2D eigenvalue weighted by Gasteiger charge is -2.40. The fourth-order valence-electron chi connectivity index (χ4n) is 4.37. The normalized spacial score (nSPS) is 15.2. The minimum atomic E-state index is -0.402. The smallest absolute Gasteiger partial charge is 0.342 e. The summed E-state index contributed by atoms with van der Waals surface area (Å²) in [6.07, 6.45) is 2.52. The summed E-state index contributed by atoms with van der Waals surface area (Å²) in [4.78, 5) is 31.7. The first-order valence-corrected chi connectivity index (χ1v) is 12.7. The number of nitrogens with zero attached hydrogens (tertiary/aromatic N) is 5. The molecule has 0 bridgehead atoms. The second-order valence-electron chi connectivity index (χ2n) is 9.05. The number of nitrogens with two attached hydrogens (primary N) is 1. The number of hydrogen-bond donors (Lipinski definition) is 2. The quantitative estimate of drug-likeness (QED) is 0.222. The molecule has 1 saturated heterocycles. The van der Waals surface area contributed by atoms with Crippen LogP contribution in [0.3, 0.4) is 0 Å². The number of nitrogens with one attached hydrogen (secondary N) is 1. The van der Waals surface area contributed by atoms with Gasteiger partial charge < -0.3 is 10.2 Å². The van der Waals surface area contributed by atoms with Crippen molar-refractivity contribution in [3.8, 4) is 6.07 Å². The van der Waals surface area contributed by atoms with Gasteiger partial charge in [-0.1, -0.05) is 43.8 Å². The second kappa shape index (κ2) is 13.4. The largest absolute Gasteiger partial charge is 0.369 e. The minimum absolute atomic E-state index is 0.0835. The lowest BCUT2D eigenvalue weighted by atomic mass is 10.0. The summed E-state index contributed by atoms with van der Waals surface area (Å²) in [7, 11) is 0. The summed E-state index contributed by atoms with van der Waals surface area (Å²) in [5, 5.41) is 13.0. The van der Waals surface area contributed by atoms with Crippen LogP contribution < -0.4 is 21.0 Å². The van der Waals surface area contributed by atoms with Crippen LogP contribution in [0.25, 0.3) is 0 Å². The van der Waals surface area contributed by atoms with Crippen molar-refractivity contribution in [1.82, 2.24) is 15.2 Å². The summed E-state index contributed by atoms with van der Waals surface area (Å²) < 4.78 is 0. The zero-order chi connectivity index (χ0) is 26.8. The van der Waals surface area contributed by atoms with E-state index in [9.17, 15) is 9.59 Å². The number of carbonyl (C=O) groups excluding carboxylic acids is 2. The molecule has 0 aliphatic carbocycles. The highest BCUT2D eigenvalue weighted by Gasteiger charge is 2.30. The topological polar surface area (TPSA) is 109 Å². The molecular weight excluding hydrogens is 466 g/mol. The molecule has 1 heterocycles. The molecule has 0 radical (unpaired) electrons. The number of carbonyl (C=O) groups is 2.